The summed E-state index contributed by atoms with van der Waals surface area (Å²) in [5, 5.41) is 22.0. The predicted molar refractivity (Wildman–Crippen MR) is 164 cm³/mol. The van der Waals surface area contributed by atoms with Crippen LogP contribution in [-0.4, -0.2) is 51.3 Å². The minimum Gasteiger partial charge on any atom is -0.508 e. The number of phenols is 1. The van der Waals surface area contributed by atoms with Gasteiger partial charge >= 0.3 is 0 Å². The van der Waals surface area contributed by atoms with Crippen molar-refractivity contribution >= 4 is 17.7 Å². The highest BCUT2D eigenvalue weighted by Gasteiger charge is 2.51. The molecule has 0 saturated carbocycles. The lowest BCUT2D eigenvalue weighted by Gasteiger charge is -2.49. The van der Waals surface area contributed by atoms with Crippen LogP contribution in [0.4, 0.5) is 0 Å². The Labute approximate surface area is 256 Å². The van der Waals surface area contributed by atoms with Crippen molar-refractivity contribution < 1.29 is 19.5 Å². The van der Waals surface area contributed by atoms with Crippen LogP contribution >= 0.6 is 0 Å². The second kappa shape index (κ2) is 12.4. The Hall–Kier alpha value is -5.42. The van der Waals surface area contributed by atoms with Gasteiger partial charge < -0.3 is 20.2 Å². The van der Waals surface area contributed by atoms with Gasteiger partial charge in [0.15, 0.2) is 0 Å². The van der Waals surface area contributed by atoms with Crippen molar-refractivity contribution in [3.63, 3.8) is 0 Å². The minimum absolute atomic E-state index is 0.163. The van der Waals surface area contributed by atoms with E-state index in [2.05, 4.69) is 11.4 Å². The normalized spacial score (nSPS) is 18.2. The number of phenolic OH excluding ortho intramolecular Hbond substituents is 1. The average molecular weight is 585 g/mol. The van der Waals surface area contributed by atoms with Gasteiger partial charge in [-0.15, -0.1) is 0 Å². The number of carbonyl (C=O) groups is 3. The van der Waals surface area contributed by atoms with E-state index < -0.39 is 24.0 Å². The van der Waals surface area contributed by atoms with Crippen molar-refractivity contribution in [2.45, 2.75) is 43.9 Å². The minimum atomic E-state index is -1.09. The molecule has 2 heterocycles. The Morgan fingerprint density at radius 2 is 1.55 bits per heavy atom. The number of amides is 3. The fourth-order valence-corrected chi connectivity index (χ4v) is 6.21. The SMILES string of the molecule is N#Cc1ccc(C(C(=O)NCCc2ccc(O)cc2)N2C(=O)C3Cc4ccccc4CN3C(=O)C2Cc2ccccc2)cc1. The molecule has 6 rings (SSSR count). The molecule has 1 saturated heterocycles. The molecule has 0 radical (unpaired) electrons. The van der Waals surface area contributed by atoms with Crippen molar-refractivity contribution in [3.8, 4) is 11.8 Å². The molecule has 3 unspecified atom stereocenters. The van der Waals surface area contributed by atoms with Crippen LogP contribution in [0.1, 0.15) is 39.4 Å². The monoisotopic (exact) mass is 584 g/mol. The van der Waals surface area contributed by atoms with Gasteiger partial charge in [0, 0.05) is 25.9 Å². The molecule has 2 N–H and O–H groups in total. The molecule has 8 heteroatoms. The second-order valence-corrected chi connectivity index (χ2v) is 11.2. The number of aromatic hydroxyl groups is 1. The van der Waals surface area contributed by atoms with Crippen LogP contribution in [0.2, 0.25) is 0 Å². The number of hydrogen-bond donors (Lipinski definition) is 2. The highest BCUT2D eigenvalue weighted by Crippen LogP contribution is 2.36. The summed E-state index contributed by atoms with van der Waals surface area (Å²) in [6.45, 7) is 0.629. The molecule has 4 aromatic rings. The lowest BCUT2D eigenvalue weighted by atomic mass is 9.87. The van der Waals surface area contributed by atoms with E-state index in [1.165, 1.54) is 4.90 Å². The maximum Gasteiger partial charge on any atom is 0.247 e. The van der Waals surface area contributed by atoms with Gasteiger partial charge in [0.05, 0.1) is 11.6 Å². The van der Waals surface area contributed by atoms with Gasteiger partial charge in [0.25, 0.3) is 0 Å². The van der Waals surface area contributed by atoms with Crippen molar-refractivity contribution in [1.82, 2.24) is 15.1 Å². The van der Waals surface area contributed by atoms with Crippen LogP contribution in [0.15, 0.2) is 103 Å². The van der Waals surface area contributed by atoms with E-state index in [0.717, 1.165) is 22.3 Å². The van der Waals surface area contributed by atoms with Crippen molar-refractivity contribution in [1.29, 1.82) is 5.26 Å². The molecule has 0 spiro atoms. The van der Waals surface area contributed by atoms with Crippen LogP contribution in [0.5, 0.6) is 5.75 Å². The van der Waals surface area contributed by atoms with E-state index in [9.17, 15) is 24.8 Å². The van der Waals surface area contributed by atoms with Gasteiger partial charge in [-0.1, -0.05) is 78.9 Å². The van der Waals surface area contributed by atoms with Gasteiger partial charge in [-0.05, 0) is 58.5 Å². The van der Waals surface area contributed by atoms with E-state index in [-0.39, 0.29) is 24.0 Å². The van der Waals surface area contributed by atoms with E-state index in [4.69, 9.17) is 0 Å². The Kier molecular flexibility index (Phi) is 8.11. The summed E-state index contributed by atoms with van der Waals surface area (Å²) in [5.41, 5.74) is 4.80. The number of carbonyl (C=O) groups excluding carboxylic acids is 3. The van der Waals surface area contributed by atoms with Crippen LogP contribution < -0.4 is 5.32 Å². The first kappa shape index (κ1) is 28.7. The number of rotatable bonds is 8. The Morgan fingerprint density at radius 1 is 0.864 bits per heavy atom. The molecule has 4 aromatic carbocycles. The highest BCUT2D eigenvalue weighted by atomic mass is 16.3. The molecule has 1 fully saturated rings. The van der Waals surface area contributed by atoms with E-state index in [0.29, 0.717) is 37.1 Å². The molecule has 8 nitrogen and oxygen atoms in total. The average Bonchev–Trinajstić information content (AvgIpc) is 3.06. The van der Waals surface area contributed by atoms with Gasteiger partial charge in [-0.2, -0.15) is 5.26 Å². The number of hydrogen-bond acceptors (Lipinski definition) is 5. The molecule has 0 aliphatic carbocycles. The summed E-state index contributed by atoms with van der Waals surface area (Å²) in [6.07, 6.45) is 1.14. The summed E-state index contributed by atoms with van der Waals surface area (Å²) in [6, 6.07) is 30.1. The number of fused-ring (bicyclic) bond motifs is 2. The van der Waals surface area contributed by atoms with Crippen LogP contribution in [0, 0.1) is 11.3 Å². The number of nitrogens with one attached hydrogen (secondary N) is 1. The fraction of sp³-hybridized carbons (Fsp3) is 0.222. The number of piperazine rings is 1. The first-order chi connectivity index (χ1) is 21.4. The third-order valence-corrected chi connectivity index (χ3v) is 8.50. The van der Waals surface area contributed by atoms with Gasteiger partial charge in [-0.3, -0.25) is 14.4 Å². The van der Waals surface area contributed by atoms with Crippen LogP contribution in [0.3, 0.4) is 0 Å². The van der Waals surface area contributed by atoms with Crippen molar-refractivity contribution in [2.24, 2.45) is 0 Å². The largest absolute Gasteiger partial charge is 0.508 e. The Balaban J connectivity index is 1.38. The van der Waals surface area contributed by atoms with Crippen LogP contribution in [0.25, 0.3) is 0 Å². The molecule has 3 atom stereocenters. The molecule has 0 aromatic heterocycles. The van der Waals surface area contributed by atoms with Crippen molar-refractivity contribution in [2.75, 3.05) is 6.54 Å². The summed E-state index contributed by atoms with van der Waals surface area (Å²) < 4.78 is 0. The summed E-state index contributed by atoms with van der Waals surface area (Å²) in [4.78, 5) is 46.2. The molecule has 220 valence electrons. The second-order valence-electron chi connectivity index (χ2n) is 11.2. The zero-order valence-corrected chi connectivity index (χ0v) is 24.1. The highest BCUT2D eigenvalue weighted by molar-refractivity contribution is 6.00. The maximum atomic E-state index is 14.6. The van der Waals surface area contributed by atoms with Gasteiger partial charge in [0.1, 0.15) is 23.9 Å². The summed E-state index contributed by atoms with van der Waals surface area (Å²) in [7, 11) is 0. The first-order valence-electron chi connectivity index (χ1n) is 14.7. The fourth-order valence-electron chi connectivity index (χ4n) is 6.21. The molecule has 0 bridgehead atoms. The Morgan fingerprint density at radius 3 is 2.25 bits per heavy atom. The lowest BCUT2D eigenvalue weighted by Crippen LogP contribution is -2.68. The zero-order valence-electron chi connectivity index (χ0n) is 24.1. The predicted octanol–water partition coefficient (Wildman–Crippen LogP) is 4.07. The van der Waals surface area contributed by atoms with Crippen molar-refractivity contribution in [3.05, 3.63) is 137 Å². The molecular weight excluding hydrogens is 552 g/mol. The van der Waals surface area contributed by atoms with E-state index >= 15 is 0 Å². The maximum absolute atomic E-state index is 14.6. The molecular formula is C36H32N4O4. The lowest BCUT2D eigenvalue weighted by molar-refractivity contribution is -0.168. The van der Waals surface area contributed by atoms with Gasteiger partial charge in [-0.25, -0.2) is 0 Å². The molecule has 2 aliphatic heterocycles. The van der Waals surface area contributed by atoms with Gasteiger partial charge in [0.2, 0.25) is 17.7 Å². The van der Waals surface area contributed by atoms with E-state index in [1.54, 1.807) is 53.4 Å². The molecule has 44 heavy (non-hydrogen) atoms. The molecule has 2 aliphatic rings. The quantitative estimate of drug-likeness (QED) is 0.324. The number of benzene rings is 4. The standard InChI is InChI=1S/C36H32N4O4/c37-22-26-10-14-27(15-11-26)33(34(42)38-19-18-24-12-16-30(41)17-13-24)40-32(20-25-6-2-1-3-7-25)35(43)39-23-29-9-5-4-8-28(29)21-31(39)36(40)44/h1-17,31-33,41H,18-21,23H2,(H,38,42). The van der Waals surface area contributed by atoms with Crippen LogP contribution in [-0.2, 0) is 40.2 Å². The smallest absolute Gasteiger partial charge is 0.247 e. The first-order valence-corrected chi connectivity index (χ1v) is 14.7. The topological polar surface area (TPSA) is 114 Å². The molecule has 3 amide bonds. The Bertz CT molecular complexity index is 1710. The summed E-state index contributed by atoms with van der Waals surface area (Å²) >= 11 is 0. The number of nitriles is 1. The third kappa shape index (κ3) is 5.77. The summed E-state index contributed by atoms with van der Waals surface area (Å²) in [5.74, 6) is -0.709. The van der Waals surface area contributed by atoms with E-state index in [1.807, 2.05) is 54.6 Å². The third-order valence-electron chi connectivity index (χ3n) is 8.50. The number of nitrogens with zero attached hydrogens (tertiary/aromatic N) is 3. The zero-order chi connectivity index (χ0) is 30.6.